The van der Waals surface area contributed by atoms with E-state index in [1.54, 1.807) is 34.9 Å². The number of nitrogens with one attached hydrogen (secondary N) is 1. The van der Waals surface area contributed by atoms with E-state index in [0.717, 1.165) is 11.3 Å². The van der Waals surface area contributed by atoms with Crippen LogP contribution in [0.25, 0.3) is 0 Å². The number of ether oxygens (including phenoxy) is 1. The number of carbonyl (C=O) groups is 2. The normalized spacial score (nSPS) is 15.7. The first kappa shape index (κ1) is 20.9. The van der Waals surface area contributed by atoms with Crippen LogP contribution in [0.2, 0.25) is 0 Å². The van der Waals surface area contributed by atoms with E-state index >= 15 is 0 Å². The summed E-state index contributed by atoms with van der Waals surface area (Å²) in [6.45, 7) is 2.42. The highest BCUT2D eigenvalue weighted by Gasteiger charge is 2.35. The number of thioether (sulfide) groups is 1. The summed E-state index contributed by atoms with van der Waals surface area (Å²) in [4.78, 5) is 26.8. The summed E-state index contributed by atoms with van der Waals surface area (Å²) >= 11 is 1.54. The Morgan fingerprint density at radius 3 is 2.65 bits per heavy atom. The Hall–Kier alpha value is -3.32. The monoisotopic (exact) mass is 436 g/mol. The molecule has 3 aromatic carbocycles. The van der Waals surface area contributed by atoms with Crippen molar-refractivity contribution in [1.82, 2.24) is 0 Å². The van der Waals surface area contributed by atoms with Gasteiger partial charge in [0.2, 0.25) is 5.91 Å². The second-order valence-electron chi connectivity index (χ2n) is 6.91. The zero-order valence-corrected chi connectivity index (χ0v) is 17.7. The largest absolute Gasteiger partial charge is 0.492 e. The molecule has 1 heterocycles. The maximum absolute atomic E-state index is 13.4. The van der Waals surface area contributed by atoms with Gasteiger partial charge in [0, 0.05) is 11.3 Å². The van der Waals surface area contributed by atoms with Crippen molar-refractivity contribution < 1.29 is 18.7 Å². The molecule has 0 radical (unpaired) electrons. The van der Waals surface area contributed by atoms with Gasteiger partial charge in [-0.1, -0.05) is 30.3 Å². The zero-order chi connectivity index (χ0) is 21.8. The van der Waals surface area contributed by atoms with Crippen molar-refractivity contribution >= 4 is 35.0 Å². The van der Waals surface area contributed by atoms with Gasteiger partial charge >= 0.3 is 0 Å². The molecular formula is C24H21FN2O3S. The van der Waals surface area contributed by atoms with Crippen LogP contribution in [-0.2, 0) is 4.79 Å². The van der Waals surface area contributed by atoms with Crippen molar-refractivity contribution in [2.75, 3.05) is 22.6 Å². The van der Waals surface area contributed by atoms with E-state index in [9.17, 15) is 14.0 Å². The Kier molecular flexibility index (Phi) is 6.23. The smallest absolute Gasteiger partial charge is 0.255 e. The Labute approximate surface area is 184 Å². The average molecular weight is 437 g/mol. The van der Waals surface area contributed by atoms with Gasteiger partial charge in [0.15, 0.2) is 0 Å². The molecule has 1 N–H and O–H groups in total. The molecule has 1 atom stereocenters. The Morgan fingerprint density at radius 1 is 1.13 bits per heavy atom. The minimum Gasteiger partial charge on any atom is -0.492 e. The molecule has 1 saturated heterocycles. The first-order valence-corrected chi connectivity index (χ1v) is 10.9. The molecule has 0 saturated carbocycles. The first-order chi connectivity index (χ1) is 15.1. The molecular weight excluding hydrogens is 415 g/mol. The molecule has 3 aromatic rings. The molecule has 158 valence electrons. The van der Waals surface area contributed by atoms with E-state index < -0.39 is 5.82 Å². The number of benzene rings is 3. The number of para-hydroxylation sites is 2. The summed E-state index contributed by atoms with van der Waals surface area (Å²) in [7, 11) is 0. The number of halogens is 1. The lowest BCUT2D eigenvalue weighted by Gasteiger charge is -2.26. The lowest BCUT2D eigenvalue weighted by atomic mass is 10.1. The standard InChI is InChI=1S/C24H21FN2O3S/c1-2-30-21-9-4-3-8-20(21)27-22(28)15-31-24(27)16-10-12-19(13-11-16)26-23(29)17-6-5-7-18(25)14-17/h3-14,24H,2,15H2,1H3,(H,26,29). The fourth-order valence-corrected chi connectivity index (χ4v) is 4.60. The molecule has 0 bridgehead atoms. The Morgan fingerprint density at radius 2 is 1.90 bits per heavy atom. The molecule has 2 amide bonds. The number of hydrogen-bond donors (Lipinski definition) is 1. The van der Waals surface area contributed by atoms with Crippen LogP contribution in [0.3, 0.4) is 0 Å². The lowest BCUT2D eigenvalue weighted by Crippen LogP contribution is -2.28. The fraction of sp³-hybridized carbons (Fsp3) is 0.167. The van der Waals surface area contributed by atoms with Crippen LogP contribution in [0.5, 0.6) is 5.75 Å². The van der Waals surface area contributed by atoms with E-state index in [0.29, 0.717) is 23.8 Å². The van der Waals surface area contributed by atoms with Gasteiger partial charge in [0.1, 0.15) is 16.9 Å². The Balaban J connectivity index is 1.54. The first-order valence-electron chi connectivity index (χ1n) is 9.89. The van der Waals surface area contributed by atoms with Crippen LogP contribution in [0.1, 0.15) is 28.2 Å². The molecule has 31 heavy (non-hydrogen) atoms. The van der Waals surface area contributed by atoms with Crippen molar-refractivity contribution in [3.8, 4) is 5.75 Å². The fourth-order valence-electron chi connectivity index (χ4n) is 3.43. The summed E-state index contributed by atoms with van der Waals surface area (Å²) < 4.78 is 19.1. The van der Waals surface area contributed by atoms with E-state index in [1.807, 2.05) is 43.3 Å². The zero-order valence-electron chi connectivity index (χ0n) is 16.9. The van der Waals surface area contributed by atoms with Crippen molar-refractivity contribution in [3.63, 3.8) is 0 Å². The van der Waals surface area contributed by atoms with Crippen LogP contribution >= 0.6 is 11.8 Å². The average Bonchev–Trinajstić information content (AvgIpc) is 3.16. The highest BCUT2D eigenvalue weighted by Crippen LogP contribution is 2.44. The van der Waals surface area contributed by atoms with Gasteiger partial charge in [-0.25, -0.2) is 4.39 Å². The summed E-state index contributed by atoms with van der Waals surface area (Å²) in [6, 6.07) is 20.4. The van der Waals surface area contributed by atoms with Crippen LogP contribution < -0.4 is 15.0 Å². The van der Waals surface area contributed by atoms with Gasteiger partial charge in [-0.2, -0.15) is 0 Å². The summed E-state index contributed by atoms with van der Waals surface area (Å²) in [5.74, 6) is 0.224. The molecule has 7 heteroatoms. The third kappa shape index (κ3) is 4.56. The molecule has 1 aliphatic rings. The van der Waals surface area contributed by atoms with Crippen molar-refractivity contribution in [2.45, 2.75) is 12.3 Å². The molecule has 0 aliphatic carbocycles. The second-order valence-corrected chi connectivity index (χ2v) is 7.98. The van der Waals surface area contributed by atoms with Gasteiger partial charge < -0.3 is 10.1 Å². The summed E-state index contributed by atoms with van der Waals surface area (Å²) in [6.07, 6.45) is 0. The predicted octanol–water partition coefficient (Wildman–Crippen LogP) is 5.26. The maximum atomic E-state index is 13.4. The highest BCUT2D eigenvalue weighted by molar-refractivity contribution is 8.00. The molecule has 0 aromatic heterocycles. The number of nitrogens with zero attached hydrogens (tertiary/aromatic N) is 1. The predicted molar refractivity (Wildman–Crippen MR) is 121 cm³/mol. The van der Waals surface area contributed by atoms with Gasteiger partial charge in [0.25, 0.3) is 5.91 Å². The maximum Gasteiger partial charge on any atom is 0.255 e. The van der Waals surface area contributed by atoms with Gasteiger partial charge in [-0.3, -0.25) is 14.5 Å². The summed E-state index contributed by atoms with van der Waals surface area (Å²) in [5.41, 5.74) is 2.52. The molecule has 5 nitrogen and oxygen atoms in total. The van der Waals surface area contributed by atoms with Crippen LogP contribution in [0, 0.1) is 5.82 Å². The van der Waals surface area contributed by atoms with Gasteiger partial charge in [-0.15, -0.1) is 11.8 Å². The molecule has 0 spiro atoms. The molecule has 1 fully saturated rings. The number of hydrogen-bond acceptors (Lipinski definition) is 4. The molecule has 1 unspecified atom stereocenters. The SMILES string of the molecule is CCOc1ccccc1N1C(=O)CSC1c1ccc(NC(=O)c2cccc(F)c2)cc1. The van der Waals surface area contributed by atoms with Crippen molar-refractivity contribution in [2.24, 2.45) is 0 Å². The third-order valence-corrected chi connectivity index (χ3v) is 6.05. The second kappa shape index (κ2) is 9.22. The van der Waals surface area contributed by atoms with Crippen molar-refractivity contribution in [1.29, 1.82) is 0 Å². The minimum atomic E-state index is -0.460. The van der Waals surface area contributed by atoms with E-state index in [-0.39, 0.29) is 22.8 Å². The van der Waals surface area contributed by atoms with Gasteiger partial charge in [0.05, 0.1) is 18.0 Å². The topological polar surface area (TPSA) is 58.6 Å². The van der Waals surface area contributed by atoms with Crippen LogP contribution in [0.4, 0.5) is 15.8 Å². The molecule has 1 aliphatic heterocycles. The quantitative estimate of drug-likeness (QED) is 0.573. The Bertz CT molecular complexity index is 1100. The number of rotatable bonds is 6. The number of anilines is 2. The van der Waals surface area contributed by atoms with Crippen LogP contribution in [-0.4, -0.2) is 24.2 Å². The summed E-state index contributed by atoms with van der Waals surface area (Å²) in [5, 5.41) is 2.58. The number of amides is 2. The van der Waals surface area contributed by atoms with E-state index in [1.165, 1.54) is 18.2 Å². The molecule has 4 rings (SSSR count). The third-order valence-electron chi connectivity index (χ3n) is 4.83. The van der Waals surface area contributed by atoms with E-state index in [2.05, 4.69) is 5.32 Å². The van der Waals surface area contributed by atoms with Crippen molar-refractivity contribution in [3.05, 3.63) is 89.7 Å². The highest BCUT2D eigenvalue weighted by atomic mass is 32.2. The van der Waals surface area contributed by atoms with E-state index in [4.69, 9.17) is 4.74 Å². The van der Waals surface area contributed by atoms with Crippen LogP contribution in [0.15, 0.2) is 72.8 Å². The minimum absolute atomic E-state index is 0.0191. The van der Waals surface area contributed by atoms with Gasteiger partial charge in [-0.05, 0) is 55.0 Å². The number of carbonyl (C=O) groups excluding carboxylic acids is 2. The lowest BCUT2D eigenvalue weighted by molar-refractivity contribution is -0.115.